The van der Waals surface area contributed by atoms with Gasteiger partial charge < -0.3 is 9.72 Å². The third-order valence-electron chi connectivity index (χ3n) is 4.77. The molecule has 0 radical (unpaired) electrons. The van der Waals surface area contributed by atoms with E-state index in [0.717, 1.165) is 10.9 Å². The first kappa shape index (κ1) is 18.7. The van der Waals surface area contributed by atoms with E-state index >= 15 is 0 Å². The Balaban J connectivity index is 2.11. The molecule has 2 aromatic carbocycles. The molecule has 0 aliphatic rings. The topological polar surface area (TPSA) is 129 Å². The number of nitro groups is 1. The highest BCUT2D eigenvalue weighted by molar-refractivity contribution is 5.98. The molecule has 144 valence electrons. The Morgan fingerprint density at radius 1 is 1.10 bits per heavy atom. The van der Waals surface area contributed by atoms with Crippen molar-refractivity contribution in [1.82, 2.24) is 9.97 Å². The number of ether oxygens (including phenoxy) is 1. The normalized spacial score (nSPS) is 10.4. The number of H-pyrrole nitrogens is 1. The van der Waals surface area contributed by atoms with E-state index in [-0.39, 0.29) is 28.3 Å². The Morgan fingerprint density at radius 2 is 1.87 bits per heavy atom. The van der Waals surface area contributed by atoms with Crippen molar-refractivity contribution in [2.45, 2.75) is 0 Å². The molecule has 0 aliphatic heterocycles. The van der Waals surface area contributed by atoms with Crippen LogP contribution in [0, 0.1) is 32.8 Å². The third kappa shape index (κ3) is 2.89. The summed E-state index contributed by atoms with van der Waals surface area (Å²) >= 11 is 0. The summed E-state index contributed by atoms with van der Waals surface area (Å²) in [6.45, 7) is 0. The monoisotopic (exact) mass is 395 g/mol. The largest absolute Gasteiger partial charge is 0.480 e. The molecular weight excluding hydrogens is 382 g/mol. The zero-order valence-corrected chi connectivity index (χ0v) is 15.7. The molecule has 30 heavy (non-hydrogen) atoms. The Morgan fingerprint density at radius 3 is 2.57 bits per heavy atom. The van der Waals surface area contributed by atoms with Crippen LogP contribution in [0.1, 0.15) is 11.1 Å². The highest BCUT2D eigenvalue weighted by Gasteiger charge is 2.25. The van der Waals surface area contributed by atoms with Crippen LogP contribution in [0.5, 0.6) is 5.88 Å². The van der Waals surface area contributed by atoms with E-state index in [4.69, 9.17) is 4.74 Å². The van der Waals surface area contributed by atoms with Crippen LogP contribution in [-0.4, -0.2) is 22.0 Å². The number of methoxy groups -OCH3 is 1. The number of benzene rings is 2. The SMILES string of the molecule is COc1nc(-c2c[nH]c3ccccc23)c(C#N)c(-c2cccc([N+](=O)[O-])c2)c1C#N. The molecule has 0 aliphatic carbocycles. The van der Waals surface area contributed by atoms with Crippen LogP contribution in [0.4, 0.5) is 5.69 Å². The number of aromatic amines is 1. The number of hydrogen-bond acceptors (Lipinski definition) is 6. The minimum absolute atomic E-state index is 0.0399. The Labute approximate surface area is 170 Å². The molecule has 0 bridgehead atoms. The van der Waals surface area contributed by atoms with Crippen molar-refractivity contribution in [2.75, 3.05) is 7.11 Å². The van der Waals surface area contributed by atoms with Crippen molar-refractivity contribution in [3.63, 3.8) is 0 Å². The minimum Gasteiger partial charge on any atom is -0.480 e. The average Bonchev–Trinajstić information content (AvgIpc) is 3.21. The number of nitrogens with one attached hydrogen (secondary N) is 1. The first-order valence-electron chi connectivity index (χ1n) is 8.82. The van der Waals surface area contributed by atoms with Crippen LogP contribution >= 0.6 is 0 Å². The maximum atomic E-state index is 11.3. The Hall–Kier alpha value is -4.69. The number of non-ortho nitro benzene ring substituents is 1. The van der Waals surface area contributed by atoms with Gasteiger partial charge >= 0.3 is 0 Å². The second-order valence-electron chi connectivity index (χ2n) is 6.37. The third-order valence-corrected chi connectivity index (χ3v) is 4.77. The number of nitro benzene ring substituents is 1. The summed E-state index contributed by atoms with van der Waals surface area (Å²) in [6, 6.07) is 17.5. The smallest absolute Gasteiger partial charge is 0.270 e. The van der Waals surface area contributed by atoms with E-state index < -0.39 is 4.92 Å². The fourth-order valence-electron chi connectivity index (χ4n) is 3.45. The van der Waals surface area contributed by atoms with E-state index in [1.54, 1.807) is 12.3 Å². The van der Waals surface area contributed by atoms with Crippen molar-refractivity contribution in [1.29, 1.82) is 10.5 Å². The van der Waals surface area contributed by atoms with Crippen molar-refractivity contribution in [2.24, 2.45) is 0 Å². The fraction of sp³-hybridized carbons (Fsp3) is 0.0455. The van der Waals surface area contributed by atoms with Crippen LogP contribution in [0.2, 0.25) is 0 Å². The Kier molecular flexibility index (Phi) is 4.59. The predicted molar refractivity (Wildman–Crippen MR) is 110 cm³/mol. The maximum absolute atomic E-state index is 11.3. The summed E-state index contributed by atoms with van der Waals surface area (Å²) in [5.41, 5.74) is 2.48. The molecule has 4 rings (SSSR count). The lowest BCUT2D eigenvalue weighted by Gasteiger charge is -2.14. The van der Waals surface area contributed by atoms with E-state index in [1.807, 2.05) is 30.3 Å². The van der Waals surface area contributed by atoms with Gasteiger partial charge in [0.25, 0.3) is 5.69 Å². The van der Waals surface area contributed by atoms with Crippen molar-refractivity contribution < 1.29 is 9.66 Å². The number of nitrogens with zero attached hydrogens (tertiary/aromatic N) is 4. The van der Waals surface area contributed by atoms with E-state index in [9.17, 15) is 20.6 Å². The zero-order valence-electron chi connectivity index (χ0n) is 15.7. The second-order valence-corrected chi connectivity index (χ2v) is 6.37. The van der Waals surface area contributed by atoms with Crippen LogP contribution < -0.4 is 4.74 Å². The number of para-hydroxylation sites is 1. The molecule has 0 spiro atoms. The minimum atomic E-state index is -0.527. The van der Waals surface area contributed by atoms with Gasteiger partial charge in [0.2, 0.25) is 5.88 Å². The van der Waals surface area contributed by atoms with Crippen LogP contribution in [0.3, 0.4) is 0 Å². The van der Waals surface area contributed by atoms with Gasteiger partial charge in [-0.1, -0.05) is 30.3 Å². The lowest BCUT2D eigenvalue weighted by molar-refractivity contribution is -0.384. The highest BCUT2D eigenvalue weighted by Crippen LogP contribution is 2.40. The standard InChI is InChI=1S/C22H13N5O3/c1-30-22-17(11-24)20(13-5-4-6-14(9-13)27(28)29)16(10-23)21(26-22)18-12-25-19-8-3-2-7-15(18)19/h2-9,12,25H,1H3. The predicted octanol–water partition coefficient (Wildman–Crippen LogP) is 4.56. The molecule has 8 nitrogen and oxygen atoms in total. The van der Waals surface area contributed by atoms with Crippen molar-refractivity contribution in [3.05, 3.63) is 76.0 Å². The quantitative estimate of drug-likeness (QED) is 0.398. The van der Waals surface area contributed by atoms with Gasteiger partial charge in [-0.15, -0.1) is 0 Å². The molecule has 0 saturated carbocycles. The molecule has 8 heteroatoms. The van der Waals surface area contributed by atoms with Crippen LogP contribution in [-0.2, 0) is 0 Å². The van der Waals surface area contributed by atoms with Gasteiger partial charge in [0.05, 0.1) is 23.3 Å². The lowest BCUT2D eigenvalue weighted by atomic mass is 9.92. The number of pyridine rings is 1. The van der Waals surface area contributed by atoms with E-state index in [1.165, 1.54) is 25.3 Å². The summed E-state index contributed by atoms with van der Waals surface area (Å²) in [5, 5.41) is 31.9. The molecular formula is C22H13N5O3. The molecule has 1 N–H and O–H groups in total. The maximum Gasteiger partial charge on any atom is 0.270 e. The first-order chi connectivity index (χ1) is 14.6. The second kappa shape index (κ2) is 7.38. The van der Waals surface area contributed by atoms with Crippen molar-refractivity contribution in [3.8, 4) is 40.4 Å². The number of hydrogen-bond donors (Lipinski definition) is 1. The summed E-state index contributed by atoms with van der Waals surface area (Å²) < 4.78 is 5.34. The summed E-state index contributed by atoms with van der Waals surface area (Å²) in [7, 11) is 1.38. The van der Waals surface area contributed by atoms with Gasteiger partial charge in [0, 0.05) is 40.4 Å². The van der Waals surface area contributed by atoms with Crippen LogP contribution in [0.25, 0.3) is 33.3 Å². The van der Waals surface area contributed by atoms with Gasteiger partial charge in [-0.2, -0.15) is 10.5 Å². The number of nitriles is 2. The van der Waals surface area contributed by atoms with Gasteiger partial charge in [0.1, 0.15) is 17.7 Å². The fourth-order valence-corrected chi connectivity index (χ4v) is 3.45. The van der Waals surface area contributed by atoms with E-state index in [2.05, 4.69) is 16.0 Å². The lowest BCUT2D eigenvalue weighted by Crippen LogP contribution is -2.02. The first-order valence-corrected chi connectivity index (χ1v) is 8.82. The Bertz CT molecular complexity index is 1390. The van der Waals surface area contributed by atoms with Gasteiger partial charge in [-0.3, -0.25) is 10.1 Å². The number of fused-ring (bicyclic) bond motifs is 1. The van der Waals surface area contributed by atoms with Crippen molar-refractivity contribution >= 4 is 16.6 Å². The van der Waals surface area contributed by atoms with E-state index in [0.29, 0.717) is 16.8 Å². The molecule has 0 fully saturated rings. The van der Waals surface area contributed by atoms with Gasteiger partial charge in [0.15, 0.2) is 0 Å². The molecule has 0 unspecified atom stereocenters. The average molecular weight is 395 g/mol. The van der Waals surface area contributed by atoms with Gasteiger partial charge in [-0.05, 0) is 11.6 Å². The van der Waals surface area contributed by atoms with Crippen LogP contribution in [0.15, 0.2) is 54.7 Å². The summed E-state index contributed by atoms with van der Waals surface area (Å²) in [6.07, 6.45) is 1.73. The summed E-state index contributed by atoms with van der Waals surface area (Å²) in [5.74, 6) is 0.0401. The molecule has 2 heterocycles. The highest BCUT2D eigenvalue weighted by atomic mass is 16.6. The molecule has 0 atom stereocenters. The molecule has 4 aromatic rings. The number of rotatable bonds is 4. The molecule has 0 amide bonds. The number of aromatic nitrogens is 2. The molecule has 2 aromatic heterocycles. The zero-order chi connectivity index (χ0) is 21.3. The molecule has 0 saturated heterocycles. The van der Waals surface area contributed by atoms with Gasteiger partial charge in [-0.25, -0.2) is 4.98 Å². The summed E-state index contributed by atoms with van der Waals surface area (Å²) in [4.78, 5) is 18.3.